The predicted molar refractivity (Wildman–Crippen MR) is 112 cm³/mol. The second kappa shape index (κ2) is 9.12. The number of hydrogen-bond donors (Lipinski definition) is 1. The maximum Gasteiger partial charge on any atom is 0.155 e. The van der Waals surface area contributed by atoms with E-state index in [2.05, 4.69) is 46.1 Å². The molecule has 0 unspecified atom stereocenters. The van der Waals surface area contributed by atoms with Gasteiger partial charge in [0.15, 0.2) is 5.82 Å². The average molecular weight is 388 g/mol. The molecule has 0 aliphatic heterocycles. The fraction of sp³-hybridized carbons (Fsp3) is 0.300. The summed E-state index contributed by atoms with van der Waals surface area (Å²) in [6.45, 7) is 3.95. The van der Waals surface area contributed by atoms with Gasteiger partial charge in [0.05, 0.1) is 6.61 Å². The molecule has 0 radical (unpaired) electrons. The third-order valence-corrected chi connectivity index (χ3v) is 5.23. The standard InChI is InChI=1S/C20H22ClN3OS/c1-2-3-11-24(12-13-25)16-7-4-15(5-8-16)6-9-18-22-19(21)17-10-14-26-20(17)23-18/h4-10,14,25H,2-3,11-13H2,1H3/b9-6+. The Labute approximate surface area is 162 Å². The summed E-state index contributed by atoms with van der Waals surface area (Å²) in [7, 11) is 0. The summed E-state index contributed by atoms with van der Waals surface area (Å²) in [5.41, 5.74) is 2.20. The minimum absolute atomic E-state index is 0.161. The molecule has 0 atom stereocenters. The first-order valence-electron chi connectivity index (χ1n) is 8.76. The van der Waals surface area contributed by atoms with Crippen LogP contribution in [0.4, 0.5) is 5.69 Å². The van der Waals surface area contributed by atoms with Gasteiger partial charge in [0.25, 0.3) is 0 Å². The lowest BCUT2D eigenvalue weighted by atomic mass is 10.1. The summed E-state index contributed by atoms with van der Waals surface area (Å²) >= 11 is 7.77. The molecule has 4 nitrogen and oxygen atoms in total. The van der Waals surface area contributed by atoms with Gasteiger partial charge in [0.2, 0.25) is 0 Å². The molecule has 0 aliphatic rings. The predicted octanol–water partition coefficient (Wildman–Crippen LogP) is 5.11. The molecule has 3 aromatic rings. The van der Waals surface area contributed by atoms with E-state index in [0.29, 0.717) is 17.5 Å². The van der Waals surface area contributed by atoms with E-state index < -0.39 is 0 Å². The van der Waals surface area contributed by atoms with Gasteiger partial charge in [0, 0.05) is 24.2 Å². The van der Waals surface area contributed by atoms with E-state index in [1.165, 1.54) is 0 Å². The van der Waals surface area contributed by atoms with E-state index in [9.17, 15) is 5.11 Å². The summed E-state index contributed by atoms with van der Waals surface area (Å²) in [5, 5.41) is 12.6. The van der Waals surface area contributed by atoms with Crippen molar-refractivity contribution < 1.29 is 5.11 Å². The molecule has 26 heavy (non-hydrogen) atoms. The third kappa shape index (κ3) is 4.61. The van der Waals surface area contributed by atoms with E-state index in [0.717, 1.165) is 40.9 Å². The number of benzene rings is 1. The van der Waals surface area contributed by atoms with E-state index in [1.807, 2.05) is 23.6 Å². The molecule has 0 saturated carbocycles. The van der Waals surface area contributed by atoms with E-state index >= 15 is 0 Å². The molecular formula is C20H22ClN3OS. The summed E-state index contributed by atoms with van der Waals surface area (Å²) in [5.74, 6) is 0.610. The highest BCUT2D eigenvalue weighted by atomic mass is 35.5. The van der Waals surface area contributed by atoms with Crippen LogP contribution in [0.5, 0.6) is 0 Å². The first-order valence-corrected chi connectivity index (χ1v) is 10.0. The van der Waals surface area contributed by atoms with E-state index in [4.69, 9.17) is 11.6 Å². The Morgan fingerprint density at radius 2 is 1.92 bits per heavy atom. The number of hydrogen-bond acceptors (Lipinski definition) is 5. The number of aliphatic hydroxyl groups excluding tert-OH is 1. The maximum atomic E-state index is 9.27. The van der Waals surface area contributed by atoms with Crippen LogP contribution in [-0.2, 0) is 0 Å². The highest BCUT2D eigenvalue weighted by molar-refractivity contribution is 7.16. The van der Waals surface area contributed by atoms with Crippen LogP contribution < -0.4 is 4.90 Å². The highest BCUT2D eigenvalue weighted by Crippen LogP contribution is 2.25. The number of fused-ring (bicyclic) bond motifs is 1. The minimum Gasteiger partial charge on any atom is -0.395 e. The van der Waals surface area contributed by atoms with Crippen LogP contribution in [0.15, 0.2) is 35.7 Å². The number of unbranched alkanes of at least 4 members (excludes halogenated alkanes) is 1. The van der Waals surface area contributed by atoms with Crippen molar-refractivity contribution in [3.05, 3.63) is 52.3 Å². The Kier molecular flexibility index (Phi) is 6.61. The zero-order valence-corrected chi connectivity index (χ0v) is 16.3. The van der Waals surface area contributed by atoms with Crippen molar-refractivity contribution in [1.29, 1.82) is 0 Å². The molecule has 6 heteroatoms. The number of halogens is 1. The number of anilines is 1. The first-order chi connectivity index (χ1) is 12.7. The topological polar surface area (TPSA) is 49.2 Å². The summed E-state index contributed by atoms with van der Waals surface area (Å²) in [6.07, 6.45) is 6.12. The number of nitrogens with zero attached hydrogens (tertiary/aromatic N) is 3. The van der Waals surface area contributed by atoms with Gasteiger partial charge in [-0.2, -0.15) is 0 Å². The largest absolute Gasteiger partial charge is 0.395 e. The van der Waals surface area contributed by atoms with Crippen molar-refractivity contribution in [2.45, 2.75) is 19.8 Å². The lowest BCUT2D eigenvalue weighted by Gasteiger charge is -2.23. The molecule has 1 N–H and O–H groups in total. The molecule has 0 amide bonds. The van der Waals surface area contributed by atoms with Crippen molar-refractivity contribution in [1.82, 2.24) is 9.97 Å². The van der Waals surface area contributed by atoms with Crippen LogP contribution in [0.1, 0.15) is 31.2 Å². The van der Waals surface area contributed by atoms with Crippen LogP contribution in [0.25, 0.3) is 22.4 Å². The van der Waals surface area contributed by atoms with Gasteiger partial charge in [-0.1, -0.05) is 43.2 Å². The van der Waals surface area contributed by atoms with Gasteiger partial charge in [-0.15, -0.1) is 11.3 Å². The van der Waals surface area contributed by atoms with Crippen LogP contribution in [0, 0.1) is 0 Å². The molecule has 0 saturated heterocycles. The van der Waals surface area contributed by atoms with Crippen LogP contribution in [0.2, 0.25) is 5.15 Å². The molecule has 3 rings (SSSR count). The highest BCUT2D eigenvalue weighted by Gasteiger charge is 2.06. The van der Waals surface area contributed by atoms with Gasteiger partial charge in [-0.25, -0.2) is 9.97 Å². The second-order valence-electron chi connectivity index (χ2n) is 6.00. The van der Waals surface area contributed by atoms with Crippen molar-refractivity contribution in [3.8, 4) is 0 Å². The summed E-state index contributed by atoms with van der Waals surface area (Å²) in [6, 6.07) is 10.2. The first kappa shape index (κ1) is 18.8. The summed E-state index contributed by atoms with van der Waals surface area (Å²) < 4.78 is 0. The average Bonchev–Trinajstić information content (AvgIpc) is 3.13. The van der Waals surface area contributed by atoms with Gasteiger partial charge in [0.1, 0.15) is 9.98 Å². The summed E-state index contributed by atoms with van der Waals surface area (Å²) in [4.78, 5) is 12.0. The Balaban J connectivity index is 1.74. The molecule has 2 aromatic heterocycles. The lowest BCUT2D eigenvalue weighted by Crippen LogP contribution is -2.27. The lowest BCUT2D eigenvalue weighted by molar-refractivity contribution is 0.301. The molecule has 0 aliphatic carbocycles. The third-order valence-electron chi connectivity index (χ3n) is 4.13. The SMILES string of the molecule is CCCCN(CCO)c1ccc(/C=C/c2nc(Cl)c3ccsc3n2)cc1. The molecule has 2 heterocycles. The molecule has 0 spiro atoms. The van der Waals surface area contributed by atoms with Crippen LogP contribution in [0.3, 0.4) is 0 Å². The smallest absolute Gasteiger partial charge is 0.155 e. The molecular weight excluding hydrogens is 366 g/mol. The Morgan fingerprint density at radius 1 is 1.12 bits per heavy atom. The fourth-order valence-electron chi connectivity index (χ4n) is 2.72. The van der Waals surface area contributed by atoms with Crippen molar-refractivity contribution in [3.63, 3.8) is 0 Å². The maximum absolute atomic E-state index is 9.27. The zero-order valence-electron chi connectivity index (χ0n) is 14.7. The monoisotopic (exact) mass is 387 g/mol. The zero-order chi connectivity index (χ0) is 18.4. The van der Waals surface area contributed by atoms with Crippen molar-refractivity contribution in [2.24, 2.45) is 0 Å². The normalized spacial score (nSPS) is 11.5. The van der Waals surface area contributed by atoms with Gasteiger partial charge in [-0.3, -0.25) is 0 Å². The fourth-order valence-corrected chi connectivity index (χ4v) is 3.78. The number of rotatable bonds is 8. The molecule has 136 valence electrons. The Hall–Kier alpha value is -1.95. The molecule has 1 aromatic carbocycles. The number of aliphatic hydroxyl groups is 1. The van der Waals surface area contributed by atoms with Gasteiger partial charge in [-0.05, 0) is 41.6 Å². The Bertz CT molecular complexity index is 876. The van der Waals surface area contributed by atoms with Crippen molar-refractivity contribution in [2.75, 3.05) is 24.6 Å². The van der Waals surface area contributed by atoms with Crippen LogP contribution in [-0.4, -0.2) is 34.8 Å². The van der Waals surface area contributed by atoms with Crippen LogP contribution >= 0.6 is 22.9 Å². The van der Waals surface area contributed by atoms with Gasteiger partial charge >= 0.3 is 0 Å². The molecule has 0 fully saturated rings. The number of aromatic nitrogens is 2. The van der Waals surface area contributed by atoms with E-state index in [1.54, 1.807) is 11.3 Å². The van der Waals surface area contributed by atoms with Gasteiger partial charge < -0.3 is 10.0 Å². The van der Waals surface area contributed by atoms with Crippen molar-refractivity contribution >= 4 is 51.0 Å². The second-order valence-corrected chi connectivity index (χ2v) is 7.25. The minimum atomic E-state index is 0.161. The number of thiophene rings is 1. The van der Waals surface area contributed by atoms with E-state index in [-0.39, 0.29) is 6.61 Å². The quantitative estimate of drug-likeness (QED) is 0.545. The Morgan fingerprint density at radius 3 is 2.65 bits per heavy atom. The molecule has 0 bridgehead atoms.